The van der Waals surface area contributed by atoms with E-state index in [0.29, 0.717) is 5.56 Å². The second kappa shape index (κ2) is 14.8. The monoisotopic (exact) mass is 695 g/mol. The smallest absolute Gasteiger partial charge is 0.327 e. The molecule has 3 aliphatic rings. The number of amides is 1. The number of anilines is 1. The molecule has 0 spiro atoms. The maximum atomic E-state index is 13.5. The van der Waals surface area contributed by atoms with E-state index in [0.717, 1.165) is 17.0 Å². The third-order valence-electron chi connectivity index (χ3n) is 8.46. The molecule has 49 heavy (non-hydrogen) atoms. The average Bonchev–Trinajstić information content (AvgIpc) is 3.46. The number of nitrogens with zero attached hydrogens (tertiary/aromatic N) is 1. The first kappa shape index (κ1) is 36.2. The molecule has 5 rings (SSSR count). The zero-order chi connectivity index (χ0) is 35.7. The summed E-state index contributed by atoms with van der Waals surface area (Å²) in [6, 6.07) is 5.30. The fourth-order valence-electron chi connectivity index (χ4n) is 5.73. The molecule has 0 radical (unpaired) electrons. The van der Waals surface area contributed by atoms with E-state index in [9.17, 15) is 60.7 Å². The average molecular weight is 696 g/mol. The number of aliphatic carboxylic acids is 1. The van der Waals surface area contributed by atoms with Gasteiger partial charge in [0.1, 0.15) is 54.9 Å². The van der Waals surface area contributed by atoms with Crippen molar-refractivity contribution in [1.29, 1.82) is 0 Å². The molecule has 0 aliphatic carbocycles. The highest BCUT2D eigenvalue weighted by atomic mass is 16.7. The molecule has 0 aromatic heterocycles. The Morgan fingerprint density at radius 2 is 1.39 bits per heavy atom. The number of hydrogen-bond acceptors (Lipinski definition) is 16. The zero-order valence-electron chi connectivity index (χ0n) is 25.8. The lowest BCUT2D eigenvalue weighted by atomic mass is 9.99. The number of phenols is 1. The van der Waals surface area contributed by atoms with E-state index in [1.807, 2.05) is 0 Å². The molecule has 0 saturated carbocycles. The SMILES string of the molecule is COc1cc(/C=C/C(=O)N2c3cc(O[C@@H]4O[C@@H](CO)[C@@H](O)[C@@H](O)[C@H]4O)c(O)cc3C[C@H]2C(=O)O)ccc1O[C@H]1O[C@@H](CO)[C@H](O)[C@@H](O)[C@@H]1O. The number of carboxylic acids is 1. The molecule has 268 valence electrons. The Hall–Kier alpha value is -4.08. The van der Waals surface area contributed by atoms with Gasteiger partial charge < -0.3 is 74.7 Å². The third-order valence-corrected chi connectivity index (χ3v) is 8.46. The van der Waals surface area contributed by atoms with Gasteiger partial charge in [0, 0.05) is 18.6 Å². The molecule has 18 heteroatoms. The van der Waals surface area contributed by atoms with Gasteiger partial charge in [0.2, 0.25) is 12.6 Å². The van der Waals surface area contributed by atoms with Crippen molar-refractivity contribution in [2.45, 2.75) is 73.9 Å². The molecule has 0 bridgehead atoms. The number of benzene rings is 2. The molecule has 2 fully saturated rings. The van der Waals surface area contributed by atoms with E-state index in [-0.39, 0.29) is 34.9 Å². The first-order valence-electron chi connectivity index (χ1n) is 15.0. The summed E-state index contributed by atoms with van der Waals surface area (Å²) in [7, 11) is 1.31. The first-order valence-corrected chi connectivity index (χ1v) is 15.0. The van der Waals surface area contributed by atoms with Gasteiger partial charge >= 0.3 is 5.97 Å². The van der Waals surface area contributed by atoms with Gasteiger partial charge in [-0.25, -0.2) is 4.79 Å². The Morgan fingerprint density at radius 3 is 1.92 bits per heavy atom. The molecule has 2 aromatic carbocycles. The number of phenolic OH excluding ortho intramolecular Hbond substituents is 1. The van der Waals surface area contributed by atoms with E-state index in [4.69, 9.17) is 23.7 Å². The summed E-state index contributed by atoms with van der Waals surface area (Å²) in [4.78, 5) is 26.6. The first-order chi connectivity index (χ1) is 23.3. The van der Waals surface area contributed by atoms with E-state index in [1.165, 1.54) is 37.5 Å². The van der Waals surface area contributed by atoms with Gasteiger partial charge in [0.25, 0.3) is 5.91 Å². The van der Waals surface area contributed by atoms with Crippen LogP contribution in [0.15, 0.2) is 36.4 Å². The molecule has 11 atom stereocenters. The number of carbonyl (C=O) groups excluding carboxylic acids is 1. The van der Waals surface area contributed by atoms with Crippen LogP contribution in [0, 0.1) is 0 Å². The van der Waals surface area contributed by atoms with Crippen molar-refractivity contribution in [2.75, 3.05) is 25.2 Å². The minimum atomic E-state index is -1.80. The van der Waals surface area contributed by atoms with Crippen molar-refractivity contribution in [3.8, 4) is 23.0 Å². The van der Waals surface area contributed by atoms with Gasteiger partial charge in [-0.15, -0.1) is 0 Å². The van der Waals surface area contributed by atoms with Crippen LogP contribution in [-0.4, -0.2) is 151 Å². The molecule has 2 saturated heterocycles. The van der Waals surface area contributed by atoms with E-state index < -0.39 is 98.3 Å². The normalized spacial score (nSPS) is 32.9. The third kappa shape index (κ3) is 7.15. The quantitative estimate of drug-likeness (QED) is 0.110. The Morgan fingerprint density at radius 1 is 0.816 bits per heavy atom. The van der Waals surface area contributed by atoms with Gasteiger partial charge in [0.15, 0.2) is 23.0 Å². The standard InChI is InChI=1S/C31H37NO17/c1-45-19-6-12(2-4-17(19)46-30-27(41)25(39)23(37)20(10-33)48-30)3-5-22(36)32-14-9-18(16(35)8-13(14)7-15(32)29(43)44)47-31-28(42)26(40)24(38)21(11-34)49-31/h2-6,8-9,15,20-21,23-28,30-31,33-35,37-42H,7,10-11H2,1H3,(H,43,44)/b5-3+/t15-,20-,21-,23-,24+,25+,26+,27-,28+,30-,31+/m0/s1. The van der Waals surface area contributed by atoms with Gasteiger partial charge in [-0.05, 0) is 35.4 Å². The minimum absolute atomic E-state index is 0.0430. The summed E-state index contributed by atoms with van der Waals surface area (Å²) >= 11 is 0. The maximum Gasteiger partial charge on any atom is 0.327 e. The molecule has 3 aliphatic heterocycles. The van der Waals surface area contributed by atoms with Crippen LogP contribution >= 0.6 is 0 Å². The summed E-state index contributed by atoms with van der Waals surface area (Å²) in [6.07, 6.45) is -13.5. The number of fused-ring (bicyclic) bond motifs is 1. The topological polar surface area (TPSA) is 286 Å². The number of rotatable bonds is 10. The zero-order valence-corrected chi connectivity index (χ0v) is 25.8. The molecule has 18 nitrogen and oxygen atoms in total. The van der Waals surface area contributed by atoms with E-state index in [1.54, 1.807) is 0 Å². The predicted molar refractivity (Wildman–Crippen MR) is 162 cm³/mol. The van der Waals surface area contributed by atoms with Gasteiger partial charge in [-0.1, -0.05) is 6.07 Å². The van der Waals surface area contributed by atoms with Crippen molar-refractivity contribution in [3.63, 3.8) is 0 Å². The Labute approximate surface area is 277 Å². The lowest BCUT2D eigenvalue weighted by molar-refractivity contribution is -0.277. The lowest BCUT2D eigenvalue weighted by Gasteiger charge is -2.39. The van der Waals surface area contributed by atoms with Crippen molar-refractivity contribution < 1.29 is 84.3 Å². The summed E-state index contributed by atoms with van der Waals surface area (Å²) in [5.41, 5.74) is 0.722. The van der Waals surface area contributed by atoms with Crippen LogP contribution in [0.25, 0.3) is 6.08 Å². The van der Waals surface area contributed by atoms with Crippen molar-refractivity contribution in [1.82, 2.24) is 0 Å². The Kier molecular flexibility index (Phi) is 10.9. The van der Waals surface area contributed by atoms with E-state index >= 15 is 0 Å². The highest BCUT2D eigenvalue weighted by molar-refractivity contribution is 6.09. The predicted octanol–water partition coefficient (Wildman–Crippen LogP) is -3.19. The van der Waals surface area contributed by atoms with Crippen molar-refractivity contribution >= 4 is 23.6 Å². The van der Waals surface area contributed by atoms with Crippen LogP contribution < -0.4 is 19.1 Å². The van der Waals surface area contributed by atoms with Crippen LogP contribution in [0.4, 0.5) is 5.69 Å². The van der Waals surface area contributed by atoms with Crippen molar-refractivity contribution in [2.24, 2.45) is 0 Å². The second-order valence-electron chi connectivity index (χ2n) is 11.6. The molecule has 0 unspecified atom stereocenters. The number of carbonyl (C=O) groups is 2. The number of aromatic hydroxyl groups is 1. The van der Waals surface area contributed by atoms with Gasteiger partial charge in [0.05, 0.1) is 26.0 Å². The Bertz CT molecular complexity index is 1550. The number of aliphatic hydroxyl groups excluding tert-OH is 8. The van der Waals surface area contributed by atoms with Crippen LogP contribution in [0.5, 0.6) is 23.0 Å². The molecule has 10 N–H and O–H groups in total. The van der Waals surface area contributed by atoms with Crippen LogP contribution in [0.3, 0.4) is 0 Å². The number of hydrogen-bond donors (Lipinski definition) is 10. The highest BCUT2D eigenvalue weighted by Gasteiger charge is 2.46. The molecule has 1 amide bonds. The lowest BCUT2D eigenvalue weighted by Crippen LogP contribution is -2.60. The van der Waals surface area contributed by atoms with Gasteiger partial charge in [-0.2, -0.15) is 0 Å². The molecular formula is C31H37NO17. The summed E-state index contributed by atoms with van der Waals surface area (Å²) in [6.45, 7) is -1.38. The minimum Gasteiger partial charge on any atom is -0.504 e. The van der Waals surface area contributed by atoms with Crippen molar-refractivity contribution in [3.05, 3.63) is 47.5 Å². The molecule has 3 heterocycles. The summed E-state index contributed by atoms with van der Waals surface area (Å²) in [5, 5.41) is 100. The molecular weight excluding hydrogens is 658 g/mol. The van der Waals surface area contributed by atoms with Crippen LogP contribution in [-0.2, 0) is 25.5 Å². The van der Waals surface area contributed by atoms with Crippen LogP contribution in [0.2, 0.25) is 0 Å². The number of aliphatic hydroxyl groups is 8. The number of ether oxygens (including phenoxy) is 5. The van der Waals surface area contributed by atoms with Crippen LogP contribution in [0.1, 0.15) is 11.1 Å². The number of methoxy groups -OCH3 is 1. The summed E-state index contributed by atoms with van der Waals surface area (Å²) in [5.74, 6) is -2.83. The largest absolute Gasteiger partial charge is 0.504 e. The Balaban J connectivity index is 1.36. The highest BCUT2D eigenvalue weighted by Crippen LogP contribution is 2.42. The summed E-state index contributed by atoms with van der Waals surface area (Å²) < 4.78 is 27.2. The maximum absolute atomic E-state index is 13.5. The fourth-order valence-corrected chi connectivity index (χ4v) is 5.73. The fraction of sp³-hybridized carbons (Fsp3) is 0.484. The van der Waals surface area contributed by atoms with Gasteiger partial charge in [-0.3, -0.25) is 9.69 Å². The van der Waals surface area contributed by atoms with E-state index in [2.05, 4.69) is 0 Å². The molecule has 2 aromatic rings. The second-order valence-corrected chi connectivity index (χ2v) is 11.6. The number of carboxylic acid groups (broad SMARTS) is 1.